The van der Waals surface area contributed by atoms with Crippen molar-refractivity contribution >= 4 is 30.8 Å². The highest BCUT2D eigenvalue weighted by Gasteiger charge is 2.02. The molecule has 5 heteroatoms. The van der Waals surface area contributed by atoms with Crippen LogP contribution in [0.3, 0.4) is 0 Å². The predicted molar refractivity (Wildman–Crippen MR) is 32.7 cm³/mol. The summed E-state index contributed by atoms with van der Waals surface area (Å²) in [6.07, 6.45) is -0.0665. The van der Waals surface area contributed by atoms with Gasteiger partial charge >= 0.3 is 0 Å². The lowest BCUT2D eigenvalue weighted by molar-refractivity contribution is -0.116. The fourth-order valence-electron chi connectivity index (χ4n) is 0.251. The molecule has 0 heterocycles. The maximum Gasteiger partial charge on any atom is 0.231 e. The van der Waals surface area contributed by atoms with Gasteiger partial charge in [0, 0.05) is 12.8 Å². The quantitative estimate of drug-likeness (QED) is 0.468. The second kappa shape index (κ2) is 4.59. The van der Waals surface area contributed by atoms with Crippen LogP contribution in [0, 0.1) is 0 Å². The summed E-state index contributed by atoms with van der Waals surface area (Å²) in [6.45, 7) is 0. The van der Waals surface area contributed by atoms with E-state index in [1.54, 1.807) is 0 Å². The minimum absolute atomic E-state index is 0.0321. The molecule has 0 N–H and O–H groups in total. The van der Waals surface area contributed by atoms with Crippen LogP contribution in [0.2, 0.25) is 0 Å². The number of rotatable bonds is 4. The van der Waals surface area contributed by atoms with Crippen molar-refractivity contribution < 1.29 is 14.2 Å². The van der Waals surface area contributed by atoms with Crippen molar-refractivity contribution in [2.45, 2.75) is 12.8 Å². The van der Waals surface area contributed by atoms with E-state index in [9.17, 15) is 14.2 Å². The van der Waals surface area contributed by atoms with E-state index < -0.39 is 19.2 Å². The molecule has 0 aromatic rings. The van der Waals surface area contributed by atoms with Crippen LogP contribution in [-0.2, 0) is 14.2 Å². The Balaban J connectivity index is 3.39. The van der Waals surface area contributed by atoms with Gasteiger partial charge < -0.3 is 0 Å². The van der Waals surface area contributed by atoms with Crippen LogP contribution >= 0.6 is 20.1 Å². The summed E-state index contributed by atoms with van der Waals surface area (Å²) < 4.78 is 9.71. The molecule has 0 radical (unpaired) electrons. The molecule has 0 saturated heterocycles. The first kappa shape index (κ1) is 8.73. The Morgan fingerprint density at radius 2 is 1.89 bits per heavy atom. The Morgan fingerprint density at radius 3 is 2.22 bits per heavy atom. The van der Waals surface area contributed by atoms with Gasteiger partial charge in [0.15, 0.2) is 0 Å². The van der Waals surface area contributed by atoms with Crippen LogP contribution in [0.4, 0.5) is 0 Å². The van der Waals surface area contributed by atoms with E-state index in [-0.39, 0.29) is 12.8 Å². The topological polar surface area (TPSA) is 51.2 Å². The van der Waals surface area contributed by atoms with E-state index in [0.29, 0.717) is 0 Å². The minimum Gasteiger partial charge on any atom is -0.286 e. The molecule has 0 atom stereocenters. The lowest BCUT2D eigenvalue weighted by Crippen LogP contribution is -1.91. The summed E-state index contributed by atoms with van der Waals surface area (Å²) in [5.41, 5.74) is -0.496. The van der Waals surface area contributed by atoms with Crippen LogP contribution in [-0.4, -0.2) is 10.8 Å². The molecule has 0 aliphatic carbocycles. The average molecular weight is 166 g/mol. The number of halogens is 1. The molecule has 0 aliphatic heterocycles. The standard InChI is InChI=1S/C4H4ClO3P/c5-3(6)1-2-4(7)9-8/h1-2H2. The highest BCUT2D eigenvalue weighted by atomic mass is 35.5. The molecule has 9 heavy (non-hydrogen) atoms. The van der Waals surface area contributed by atoms with Crippen molar-refractivity contribution in [3.63, 3.8) is 0 Å². The van der Waals surface area contributed by atoms with Crippen LogP contribution in [0.25, 0.3) is 0 Å². The van der Waals surface area contributed by atoms with Gasteiger partial charge in [-0.1, -0.05) is 0 Å². The van der Waals surface area contributed by atoms with Crippen molar-refractivity contribution in [2.75, 3.05) is 0 Å². The molecule has 0 aromatic heterocycles. The van der Waals surface area contributed by atoms with E-state index >= 15 is 0 Å². The monoisotopic (exact) mass is 166 g/mol. The van der Waals surface area contributed by atoms with Gasteiger partial charge in [-0.15, -0.1) is 0 Å². The number of carbonyl (C=O) groups is 2. The molecule has 0 bridgehead atoms. The van der Waals surface area contributed by atoms with Crippen LogP contribution in [0.1, 0.15) is 12.8 Å². The third kappa shape index (κ3) is 5.60. The average Bonchev–Trinajstić information content (AvgIpc) is 1.83. The Bertz CT molecular complexity index is 145. The van der Waals surface area contributed by atoms with Gasteiger partial charge in [-0.2, -0.15) is 0 Å². The molecular formula is C4H4ClO3P. The first-order chi connectivity index (χ1) is 4.16. The molecule has 0 aromatic carbocycles. The zero-order valence-corrected chi connectivity index (χ0v) is 6.11. The fourth-order valence-corrected chi connectivity index (χ4v) is 0.548. The zero-order chi connectivity index (χ0) is 7.28. The normalized spacial score (nSPS) is 9.44. The van der Waals surface area contributed by atoms with Crippen molar-refractivity contribution in [3.8, 4) is 0 Å². The second-order valence-corrected chi connectivity index (χ2v) is 2.44. The first-order valence-corrected chi connectivity index (χ1v) is 3.40. The van der Waals surface area contributed by atoms with E-state index in [4.69, 9.17) is 11.6 Å². The van der Waals surface area contributed by atoms with Gasteiger partial charge in [0.2, 0.25) is 19.2 Å². The van der Waals surface area contributed by atoms with E-state index in [0.717, 1.165) is 0 Å². The Hall–Kier alpha value is -0.270. The van der Waals surface area contributed by atoms with Crippen LogP contribution in [0.5, 0.6) is 0 Å². The summed E-state index contributed by atoms with van der Waals surface area (Å²) >= 11 is 4.88. The Labute approximate surface area is 58.6 Å². The third-order valence-electron chi connectivity index (χ3n) is 0.637. The summed E-state index contributed by atoms with van der Waals surface area (Å²) in [4.78, 5) is 20.2. The fraction of sp³-hybridized carbons (Fsp3) is 0.500. The van der Waals surface area contributed by atoms with Gasteiger partial charge in [-0.25, -0.2) is 0 Å². The summed E-state index contributed by atoms with van der Waals surface area (Å²) in [5.74, 6) is 0. The lowest BCUT2D eigenvalue weighted by atomic mass is 10.4. The third-order valence-corrected chi connectivity index (χ3v) is 1.25. The van der Waals surface area contributed by atoms with Crippen molar-refractivity contribution in [1.82, 2.24) is 0 Å². The largest absolute Gasteiger partial charge is 0.286 e. The molecule has 0 unspecified atom stereocenters. The maximum absolute atomic E-state index is 10.2. The molecule has 0 amide bonds. The van der Waals surface area contributed by atoms with Gasteiger partial charge in [0.1, 0.15) is 0 Å². The second-order valence-electron chi connectivity index (χ2n) is 1.34. The van der Waals surface area contributed by atoms with Gasteiger partial charge in [0.05, 0.1) is 0 Å². The summed E-state index contributed by atoms with van der Waals surface area (Å²) in [7, 11) is -0.551. The summed E-state index contributed by atoms with van der Waals surface area (Å²) in [6, 6.07) is 0. The minimum atomic E-state index is -0.577. The Morgan fingerprint density at radius 1 is 1.33 bits per heavy atom. The van der Waals surface area contributed by atoms with Crippen LogP contribution in [0.15, 0.2) is 0 Å². The SMILES string of the molecule is O=PC(=O)CCC(=O)Cl. The molecule has 0 fully saturated rings. The maximum atomic E-state index is 10.2. The van der Waals surface area contributed by atoms with Gasteiger partial charge in [-0.3, -0.25) is 14.2 Å². The molecule has 0 aliphatic rings. The zero-order valence-electron chi connectivity index (χ0n) is 4.46. The molecule has 3 nitrogen and oxygen atoms in total. The van der Waals surface area contributed by atoms with Crippen molar-refractivity contribution in [2.24, 2.45) is 0 Å². The molecule has 50 valence electrons. The van der Waals surface area contributed by atoms with E-state index in [1.807, 2.05) is 0 Å². The number of hydrogen-bond donors (Lipinski definition) is 0. The lowest BCUT2D eigenvalue weighted by Gasteiger charge is -1.83. The number of hydrogen-bond acceptors (Lipinski definition) is 3. The molecule has 0 rings (SSSR count). The van der Waals surface area contributed by atoms with Crippen LogP contribution < -0.4 is 0 Å². The van der Waals surface area contributed by atoms with Crippen molar-refractivity contribution in [3.05, 3.63) is 0 Å². The highest BCUT2D eigenvalue weighted by Crippen LogP contribution is 2.03. The Kier molecular flexibility index (Phi) is 4.46. The first-order valence-electron chi connectivity index (χ1n) is 2.21. The smallest absolute Gasteiger partial charge is 0.231 e. The number of carbonyl (C=O) groups excluding carboxylic acids is 2. The van der Waals surface area contributed by atoms with E-state index in [2.05, 4.69) is 0 Å². The molecule has 0 saturated carbocycles. The molecule has 0 spiro atoms. The molecular weight excluding hydrogens is 162 g/mol. The van der Waals surface area contributed by atoms with Crippen molar-refractivity contribution in [1.29, 1.82) is 0 Å². The van der Waals surface area contributed by atoms with E-state index in [1.165, 1.54) is 0 Å². The van der Waals surface area contributed by atoms with Gasteiger partial charge in [0.25, 0.3) is 0 Å². The highest BCUT2D eigenvalue weighted by molar-refractivity contribution is 7.46. The van der Waals surface area contributed by atoms with Gasteiger partial charge in [-0.05, 0) is 11.6 Å². The predicted octanol–water partition coefficient (Wildman–Crippen LogP) is 1.35. The summed E-state index contributed by atoms with van der Waals surface area (Å²) in [5, 5.41) is -0.577.